The van der Waals surface area contributed by atoms with Crippen molar-refractivity contribution in [3.63, 3.8) is 0 Å². The Bertz CT molecular complexity index is 391. The summed E-state index contributed by atoms with van der Waals surface area (Å²) in [5.41, 5.74) is 6.84. The lowest BCUT2D eigenvalue weighted by Gasteiger charge is -2.05. The van der Waals surface area contributed by atoms with E-state index in [9.17, 15) is 0 Å². The summed E-state index contributed by atoms with van der Waals surface area (Å²) in [6.45, 7) is 8.67. The molecule has 0 unspecified atom stereocenters. The number of aryl methyl sites for hydroxylation is 2. The second-order valence-electron chi connectivity index (χ2n) is 4.12. The quantitative estimate of drug-likeness (QED) is 0.329. The smallest absolute Gasteiger partial charge is 0.188 e. The molecule has 6 heteroatoms. The number of guanidine groups is 1. The maximum absolute atomic E-state index is 5.76. The molecule has 0 fully saturated rings. The van der Waals surface area contributed by atoms with Gasteiger partial charge in [-0.05, 0) is 33.3 Å². The number of aliphatic imine (C=N–C) groups is 1. The van der Waals surface area contributed by atoms with Crippen molar-refractivity contribution in [1.29, 1.82) is 0 Å². The van der Waals surface area contributed by atoms with Crippen molar-refractivity contribution in [2.75, 3.05) is 19.8 Å². The standard InChI is InChI=1S/C13H23N3O2.HI/c1-4-17-7-5-6-15-13(14)16-9-12-8-10(2)18-11(12)3;/h8H,4-7,9H2,1-3H3,(H3,14,15,16);1H. The zero-order valence-corrected chi connectivity index (χ0v) is 14.2. The van der Waals surface area contributed by atoms with Gasteiger partial charge in [-0.3, -0.25) is 0 Å². The topological polar surface area (TPSA) is 72.8 Å². The molecule has 19 heavy (non-hydrogen) atoms. The normalized spacial score (nSPS) is 11.2. The average molecular weight is 381 g/mol. The van der Waals surface area contributed by atoms with Crippen LogP contribution in [0.4, 0.5) is 0 Å². The minimum Gasteiger partial charge on any atom is -0.466 e. The largest absolute Gasteiger partial charge is 0.466 e. The summed E-state index contributed by atoms with van der Waals surface area (Å²) in [6.07, 6.45) is 0.925. The first kappa shape index (κ1) is 18.2. The molecule has 0 saturated carbocycles. The Morgan fingerprint density at radius 2 is 2.21 bits per heavy atom. The molecule has 1 heterocycles. The van der Waals surface area contributed by atoms with E-state index in [0.717, 1.165) is 43.3 Å². The Kier molecular flexibility index (Phi) is 9.68. The van der Waals surface area contributed by atoms with Crippen molar-refractivity contribution in [2.45, 2.75) is 33.7 Å². The number of hydrogen-bond acceptors (Lipinski definition) is 3. The van der Waals surface area contributed by atoms with Crippen molar-refractivity contribution in [3.05, 3.63) is 23.2 Å². The Morgan fingerprint density at radius 1 is 1.47 bits per heavy atom. The molecule has 0 amide bonds. The van der Waals surface area contributed by atoms with Crippen LogP contribution in [0.3, 0.4) is 0 Å². The molecule has 1 aromatic heterocycles. The number of halogens is 1. The van der Waals surface area contributed by atoms with E-state index in [4.69, 9.17) is 14.9 Å². The third-order valence-corrected chi connectivity index (χ3v) is 2.54. The number of furan rings is 1. The molecular weight excluding hydrogens is 357 g/mol. The van der Waals surface area contributed by atoms with Gasteiger partial charge in [-0.2, -0.15) is 0 Å². The van der Waals surface area contributed by atoms with Gasteiger partial charge in [-0.1, -0.05) is 0 Å². The van der Waals surface area contributed by atoms with E-state index >= 15 is 0 Å². The summed E-state index contributed by atoms with van der Waals surface area (Å²) in [5.74, 6) is 2.27. The summed E-state index contributed by atoms with van der Waals surface area (Å²) in [6, 6.07) is 1.99. The predicted octanol–water partition coefficient (Wildman–Crippen LogP) is 2.35. The van der Waals surface area contributed by atoms with E-state index in [0.29, 0.717) is 12.5 Å². The summed E-state index contributed by atoms with van der Waals surface area (Å²) in [4.78, 5) is 4.27. The zero-order valence-electron chi connectivity index (χ0n) is 11.9. The molecule has 0 bridgehead atoms. The summed E-state index contributed by atoms with van der Waals surface area (Å²) in [5, 5.41) is 3.06. The van der Waals surface area contributed by atoms with Gasteiger partial charge < -0.3 is 20.2 Å². The second kappa shape index (κ2) is 10.1. The first-order valence-electron chi connectivity index (χ1n) is 6.31. The highest BCUT2D eigenvalue weighted by Gasteiger charge is 2.03. The van der Waals surface area contributed by atoms with Crippen LogP contribution >= 0.6 is 24.0 Å². The Morgan fingerprint density at radius 3 is 2.79 bits per heavy atom. The molecule has 0 atom stereocenters. The second-order valence-corrected chi connectivity index (χ2v) is 4.12. The molecule has 3 N–H and O–H groups in total. The van der Waals surface area contributed by atoms with E-state index in [1.54, 1.807) is 0 Å². The monoisotopic (exact) mass is 381 g/mol. The Hall–Kier alpha value is -0.760. The van der Waals surface area contributed by atoms with Crippen LogP contribution < -0.4 is 11.1 Å². The number of ether oxygens (including phenoxy) is 1. The minimum absolute atomic E-state index is 0. The van der Waals surface area contributed by atoms with Gasteiger partial charge in [-0.25, -0.2) is 4.99 Å². The lowest BCUT2D eigenvalue weighted by Crippen LogP contribution is -2.32. The molecule has 0 spiro atoms. The fourth-order valence-electron chi connectivity index (χ4n) is 1.60. The highest BCUT2D eigenvalue weighted by Crippen LogP contribution is 2.14. The molecule has 110 valence electrons. The highest BCUT2D eigenvalue weighted by molar-refractivity contribution is 14.0. The first-order chi connectivity index (χ1) is 8.63. The molecule has 0 aliphatic heterocycles. The number of nitrogens with zero attached hydrogens (tertiary/aromatic N) is 1. The van der Waals surface area contributed by atoms with Crippen LogP contribution in [0.5, 0.6) is 0 Å². The summed E-state index contributed by atoms with van der Waals surface area (Å²) in [7, 11) is 0. The summed E-state index contributed by atoms with van der Waals surface area (Å²) >= 11 is 0. The van der Waals surface area contributed by atoms with Crippen molar-refractivity contribution in [1.82, 2.24) is 5.32 Å². The van der Waals surface area contributed by atoms with Crippen molar-refractivity contribution < 1.29 is 9.15 Å². The van der Waals surface area contributed by atoms with Crippen LogP contribution in [0, 0.1) is 13.8 Å². The van der Waals surface area contributed by atoms with Gasteiger partial charge in [0.2, 0.25) is 0 Å². The van der Waals surface area contributed by atoms with E-state index in [1.165, 1.54) is 0 Å². The molecule has 0 aromatic carbocycles. The fourth-order valence-corrected chi connectivity index (χ4v) is 1.60. The van der Waals surface area contributed by atoms with Crippen molar-refractivity contribution in [2.24, 2.45) is 10.7 Å². The van der Waals surface area contributed by atoms with Gasteiger partial charge in [0.05, 0.1) is 6.54 Å². The SMILES string of the molecule is CCOCCCNC(N)=NCc1cc(C)oc1C.I. The van der Waals surface area contributed by atoms with E-state index in [1.807, 2.05) is 26.8 Å². The Labute approximate surface area is 132 Å². The van der Waals surface area contributed by atoms with E-state index in [2.05, 4.69) is 10.3 Å². The molecule has 1 aromatic rings. The fraction of sp³-hybridized carbons (Fsp3) is 0.615. The van der Waals surface area contributed by atoms with Crippen molar-refractivity contribution >= 4 is 29.9 Å². The highest BCUT2D eigenvalue weighted by atomic mass is 127. The number of hydrogen-bond donors (Lipinski definition) is 2. The number of nitrogens with one attached hydrogen (secondary N) is 1. The molecule has 0 saturated heterocycles. The molecule has 5 nitrogen and oxygen atoms in total. The van der Waals surface area contributed by atoms with Gasteiger partial charge in [0.1, 0.15) is 11.5 Å². The third kappa shape index (κ3) is 7.41. The molecule has 0 aliphatic carbocycles. The van der Waals surface area contributed by atoms with Gasteiger partial charge in [0.15, 0.2) is 5.96 Å². The average Bonchev–Trinajstić information content (AvgIpc) is 2.65. The zero-order chi connectivity index (χ0) is 13.4. The minimum atomic E-state index is 0. The number of nitrogens with two attached hydrogens (primary N) is 1. The molecule has 1 rings (SSSR count). The van der Waals surface area contributed by atoms with Crippen molar-refractivity contribution in [3.8, 4) is 0 Å². The van der Waals surface area contributed by atoms with E-state index < -0.39 is 0 Å². The first-order valence-corrected chi connectivity index (χ1v) is 6.31. The van der Waals surface area contributed by atoms with Gasteiger partial charge in [-0.15, -0.1) is 24.0 Å². The van der Waals surface area contributed by atoms with Crippen LogP contribution in [-0.4, -0.2) is 25.7 Å². The Balaban J connectivity index is 0.00000324. The van der Waals surface area contributed by atoms with Gasteiger partial charge >= 0.3 is 0 Å². The van der Waals surface area contributed by atoms with Crippen LogP contribution in [0.15, 0.2) is 15.5 Å². The maximum atomic E-state index is 5.76. The van der Waals surface area contributed by atoms with Gasteiger partial charge in [0, 0.05) is 25.3 Å². The van der Waals surface area contributed by atoms with E-state index in [-0.39, 0.29) is 24.0 Å². The van der Waals surface area contributed by atoms with Gasteiger partial charge in [0.25, 0.3) is 0 Å². The lowest BCUT2D eigenvalue weighted by atomic mass is 10.2. The van der Waals surface area contributed by atoms with Crippen LogP contribution in [0.1, 0.15) is 30.4 Å². The van der Waals surface area contributed by atoms with Crippen LogP contribution in [-0.2, 0) is 11.3 Å². The summed E-state index contributed by atoms with van der Waals surface area (Å²) < 4.78 is 10.7. The lowest BCUT2D eigenvalue weighted by molar-refractivity contribution is 0.145. The van der Waals surface area contributed by atoms with Crippen LogP contribution in [0.2, 0.25) is 0 Å². The predicted molar refractivity (Wildman–Crippen MR) is 88.0 cm³/mol. The molecule has 0 radical (unpaired) electrons. The maximum Gasteiger partial charge on any atom is 0.188 e. The molecular formula is C13H24IN3O2. The molecule has 0 aliphatic rings. The third-order valence-electron chi connectivity index (χ3n) is 2.54. The number of rotatable bonds is 7. The van der Waals surface area contributed by atoms with Crippen LogP contribution in [0.25, 0.3) is 0 Å².